The largest absolute Gasteiger partial charge is 0.376 e. The van der Waals surface area contributed by atoms with E-state index in [1.165, 1.54) is 22.7 Å². The molecular weight excluding hydrogens is 369 g/mol. The topological polar surface area (TPSA) is 39.9 Å². The zero-order valence-corrected chi connectivity index (χ0v) is 16.2. The summed E-state index contributed by atoms with van der Waals surface area (Å²) in [6.45, 7) is 3.64. The fraction of sp³-hybridized carbons (Fsp3) is 0.368. The maximum atomic E-state index is 13.9. The molecule has 1 fully saturated rings. The summed E-state index contributed by atoms with van der Waals surface area (Å²) in [6.07, 6.45) is 2.34. The van der Waals surface area contributed by atoms with Gasteiger partial charge in [0.05, 0.1) is 12.6 Å². The Labute approximate surface area is 160 Å². The Kier molecular flexibility index (Phi) is 5.38. The summed E-state index contributed by atoms with van der Waals surface area (Å²) >= 11 is 3.22. The smallest absolute Gasteiger partial charge is 0.191 e. The van der Waals surface area contributed by atoms with Crippen molar-refractivity contribution >= 4 is 23.1 Å². The predicted molar refractivity (Wildman–Crippen MR) is 103 cm³/mol. The number of hydrogen-bond acceptors (Lipinski definition) is 5. The summed E-state index contributed by atoms with van der Waals surface area (Å²) in [7, 11) is 0. The van der Waals surface area contributed by atoms with Crippen molar-refractivity contribution in [3.05, 3.63) is 52.0 Å². The van der Waals surface area contributed by atoms with E-state index in [0.29, 0.717) is 11.3 Å². The van der Waals surface area contributed by atoms with Gasteiger partial charge in [0.1, 0.15) is 5.82 Å². The second-order valence-corrected chi connectivity index (χ2v) is 8.44. The lowest BCUT2D eigenvalue weighted by Gasteiger charge is -2.14. The Bertz CT molecular complexity index is 887. The molecule has 2 aromatic heterocycles. The number of aryl methyl sites for hydroxylation is 1. The van der Waals surface area contributed by atoms with Crippen LogP contribution in [0.4, 0.5) is 4.39 Å². The minimum atomic E-state index is -0.182. The van der Waals surface area contributed by atoms with Gasteiger partial charge in [0.25, 0.3) is 0 Å². The lowest BCUT2D eigenvalue weighted by Crippen LogP contribution is -2.16. The quantitative estimate of drug-likeness (QED) is 0.561. The summed E-state index contributed by atoms with van der Waals surface area (Å²) in [4.78, 5) is 1.24. The molecule has 136 valence electrons. The standard InChI is InChI=1S/C19H20FN3OS2/c1-13-9-15(12-25-13)18-21-22-19(23(18)10-16-6-4-8-24-16)26-11-14-5-2-3-7-17(14)20/h2-3,5,7,9,12,16H,4,6,8,10-11H2,1H3. The maximum Gasteiger partial charge on any atom is 0.191 e. The highest BCUT2D eigenvalue weighted by Gasteiger charge is 2.22. The molecule has 26 heavy (non-hydrogen) atoms. The number of ether oxygens (including phenoxy) is 1. The first-order valence-corrected chi connectivity index (χ1v) is 10.5. The van der Waals surface area contributed by atoms with Crippen LogP contribution in [0.5, 0.6) is 0 Å². The first-order chi connectivity index (χ1) is 12.7. The van der Waals surface area contributed by atoms with Gasteiger partial charge in [-0.2, -0.15) is 0 Å². The minimum Gasteiger partial charge on any atom is -0.376 e. The van der Waals surface area contributed by atoms with E-state index in [2.05, 4.69) is 33.1 Å². The fourth-order valence-corrected chi connectivity index (χ4v) is 4.70. The third-order valence-corrected chi connectivity index (χ3v) is 6.31. The van der Waals surface area contributed by atoms with Crippen LogP contribution in [-0.2, 0) is 17.0 Å². The molecule has 1 atom stereocenters. The lowest BCUT2D eigenvalue weighted by molar-refractivity contribution is 0.0953. The molecule has 1 unspecified atom stereocenters. The third-order valence-electron chi connectivity index (χ3n) is 4.43. The van der Waals surface area contributed by atoms with Crippen LogP contribution in [-0.4, -0.2) is 27.5 Å². The van der Waals surface area contributed by atoms with Crippen LogP contribution in [0.1, 0.15) is 23.3 Å². The van der Waals surface area contributed by atoms with Gasteiger partial charge < -0.3 is 4.74 Å². The normalized spacial score (nSPS) is 17.1. The van der Waals surface area contributed by atoms with Gasteiger partial charge in [-0.05, 0) is 37.5 Å². The summed E-state index contributed by atoms with van der Waals surface area (Å²) in [5, 5.41) is 11.7. The second-order valence-electron chi connectivity index (χ2n) is 6.38. The van der Waals surface area contributed by atoms with Crippen molar-refractivity contribution < 1.29 is 9.13 Å². The molecule has 0 radical (unpaired) electrons. The second kappa shape index (κ2) is 7.90. The van der Waals surface area contributed by atoms with E-state index < -0.39 is 0 Å². The van der Waals surface area contributed by atoms with Crippen LogP contribution in [0.25, 0.3) is 11.4 Å². The number of rotatable bonds is 6. The molecule has 1 saturated heterocycles. The first kappa shape index (κ1) is 17.7. The number of thioether (sulfide) groups is 1. The Morgan fingerprint density at radius 1 is 1.35 bits per heavy atom. The molecular formula is C19H20FN3OS2. The summed E-state index contributed by atoms with van der Waals surface area (Å²) < 4.78 is 21.9. The van der Waals surface area contributed by atoms with Gasteiger partial charge in [0.15, 0.2) is 11.0 Å². The molecule has 0 spiro atoms. The third kappa shape index (κ3) is 3.84. The predicted octanol–water partition coefficient (Wildman–Crippen LogP) is 4.93. The van der Waals surface area contributed by atoms with E-state index in [-0.39, 0.29) is 11.9 Å². The van der Waals surface area contributed by atoms with Gasteiger partial charge >= 0.3 is 0 Å². The van der Waals surface area contributed by atoms with Crippen molar-refractivity contribution in [1.82, 2.24) is 14.8 Å². The zero-order valence-electron chi connectivity index (χ0n) is 14.5. The molecule has 1 aromatic carbocycles. The Morgan fingerprint density at radius 3 is 2.96 bits per heavy atom. The maximum absolute atomic E-state index is 13.9. The van der Waals surface area contributed by atoms with Gasteiger partial charge in [0, 0.05) is 28.2 Å². The summed E-state index contributed by atoms with van der Waals surface area (Å²) in [6, 6.07) is 9.00. The van der Waals surface area contributed by atoms with E-state index in [1.807, 2.05) is 12.1 Å². The highest BCUT2D eigenvalue weighted by atomic mass is 32.2. The Hall–Kier alpha value is -1.70. The minimum absolute atomic E-state index is 0.182. The van der Waals surface area contributed by atoms with Gasteiger partial charge in [0.2, 0.25) is 0 Å². The van der Waals surface area contributed by atoms with Crippen LogP contribution >= 0.6 is 23.1 Å². The van der Waals surface area contributed by atoms with Gasteiger partial charge in [-0.25, -0.2) is 4.39 Å². The number of benzene rings is 1. The van der Waals surface area contributed by atoms with Crippen molar-refractivity contribution in [2.75, 3.05) is 6.61 Å². The van der Waals surface area contributed by atoms with E-state index in [0.717, 1.165) is 42.5 Å². The van der Waals surface area contributed by atoms with E-state index in [9.17, 15) is 4.39 Å². The molecule has 3 aromatic rings. The Balaban J connectivity index is 1.60. The van der Waals surface area contributed by atoms with Crippen LogP contribution in [0.15, 0.2) is 40.9 Å². The van der Waals surface area contributed by atoms with E-state index >= 15 is 0 Å². The number of hydrogen-bond donors (Lipinski definition) is 0. The van der Waals surface area contributed by atoms with Crippen LogP contribution in [0, 0.1) is 12.7 Å². The molecule has 0 aliphatic carbocycles. The zero-order chi connectivity index (χ0) is 17.9. The van der Waals surface area contributed by atoms with Gasteiger partial charge in [-0.1, -0.05) is 30.0 Å². The highest BCUT2D eigenvalue weighted by Crippen LogP contribution is 2.30. The molecule has 0 N–H and O–H groups in total. The van der Waals surface area contributed by atoms with Gasteiger partial charge in [-0.15, -0.1) is 21.5 Å². The Morgan fingerprint density at radius 2 is 2.23 bits per heavy atom. The molecule has 0 bridgehead atoms. The lowest BCUT2D eigenvalue weighted by atomic mass is 10.2. The van der Waals surface area contributed by atoms with Crippen LogP contribution in [0.3, 0.4) is 0 Å². The number of thiophene rings is 1. The highest BCUT2D eigenvalue weighted by molar-refractivity contribution is 7.98. The summed E-state index contributed by atoms with van der Waals surface area (Å²) in [5.74, 6) is 1.21. The fourth-order valence-electron chi connectivity index (χ4n) is 3.08. The first-order valence-electron chi connectivity index (χ1n) is 8.67. The van der Waals surface area contributed by atoms with Gasteiger partial charge in [-0.3, -0.25) is 4.57 Å². The molecule has 3 heterocycles. The molecule has 4 nitrogen and oxygen atoms in total. The molecule has 7 heteroatoms. The average Bonchev–Trinajstić information content (AvgIpc) is 3.37. The van der Waals surface area contributed by atoms with Crippen molar-refractivity contribution in [1.29, 1.82) is 0 Å². The van der Waals surface area contributed by atoms with E-state index in [1.54, 1.807) is 17.4 Å². The van der Waals surface area contributed by atoms with Crippen molar-refractivity contribution in [3.8, 4) is 11.4 Å². The van der Waals surface area contributed by atoms with Crippen LogP contribution in [0.2, 0.25) is 0 Å². The molecule has 1 aliphatic heterocycles. The number of aromatic nitrogens is 3. The SMILES string of the molecule is Cc1cc(-c2nnc(SCc3ccccc3F)n2CC2CCCO2)cs1. The molecule has 0 amide bonds. The van der Waals surface area contributed by atoms with Crippen molar-refractivity contribution in [3.63, 3.8) is 0 Å². The molecule has 1 aliphatic rings. The summed E-state index contributed by atoms with van der Waals surface area (Å²) in [5.41, 5.74) is 1.76. The number of nitrogens with zero attached hydrogens (tertiary/aromatic N) is 3. The average molecular weight is 390 g/mol. The van der Waals surface area contributed by atoms with Crippen molar-refractivity contribution in [2.24, 2.45) is 0 Å². The molecule has 4 rings (SSSR count). The monoisotopic (exact) mass is 389 g/mol. The van der Waals surface area contributed by atoms with E-state index in [4.69, 9.17) is 4.74 Å². The van der Waals surface area contributed by atoms with Crippen LogP contribution < -0.4 is 0 Å². The molecule has 0 saturated carbocycles. The van der Waals surface area contributed by atoms with Crippen molar-refractivity contribution in [2.45, 2.75) is 43.3 Å². The number of halogens is 1.